The minimum Gasteiger partial charge on any atom is -0.482 e. The van der Waals surface area contributed by atoms with Crippen molar-refractivity contribution in [2.24, 2.45) is 0 Å². The number of amides is 1. The van der Waals surface area contributed by atoms with E-state index in [0.29, 0.717) is 10.8 Å². The van der Waals surface area contributed by atoms with Gasteiger partial charge in [-0.2, -0.15) is 0 Å². The number of aryl methyl sites for hydroxylation is 1. The van der Waals surface area contributed by atoms with Crippen LogP contribution in [0.5, 0.6) is 5.75 Å². The van der Waals surface area contributed by atoms with E-state index >= 15 is 0 Å². The van der Waals surface area contributed by atoms with E-state index in [1.54, 1.807) is 25.1 Å². The summed E-state index contributed by atoms with van der Waals surface area (Å²) < 4.78 is 35.8. The zero-order valence-electron chi connectivity index (χ0n) is 13.1. The third-order valence-electron chi connectivity index (χ3n) is 3.05. The minimum absolute atomic E-state index is 0.0489. The third kappa shape index (κ3) is 5.72. The Kier molecular flexibility index (Phi) is 6.30. The first kappa shape index (κ1) is 18.7. The summed E-state index contributed by atoms with van der Waals surface area (Å²) in [5.74, 6) is -3.14. The van der Waals surface area contributed by atoms with Crippen LogP contribution >= 0.6 is 11.6 Å². The molecule has 0 aromatic heterocycles. The summed E-state index contributed by atoms with van der Waals surface area (Å²) in [4.78, 5) is 23.2. The molecule has 0 aliphatic rings. The molecule has 0 bridgehead atoms. The van der Waals surface area contributed by atoms with Gasteiger partial charge in [0.15, 0.2) is 24.8 Å². The molecule has 0 radical (unpaired) electrons. The van der Waals surface area contributed by atoms with Gasteiger partial charge in [0.2, 0.25) is 0 Å². The van der Waals surface area contributed by atoms with Crippen LogP contribution in [0, 0.1) is 18.6 Å². The Hall–Kier alpha value is -2.67. The number of carbonyl (C=O) groups is 2. The summed E-state index contributed by atoms with van der Waals surface area (Å²) in [5.41, 5.74) is 0.839. The topological polar surface area (TPSA) is 64.6 Å². The van der Waals surface area contributed by atoms with Gasteiger partial charge in [-0.25, -0.2) is 13.6 Å². The van der Waals surface area contributed by atoms with E-state index in [9.17, 15) is 18.4 Å². The summed E-state index contributed by atoms with van der Waals surface area (Å²) >= 11 is 5.88. The number of halogens is 3. The summed E-state index contributed by atoms with van der Waals surface area (Å²) in [6.07, 6.45) is 0. The zero-order valence-corrected chi connectivity index (χ0v) is 13.9. The monoisotopic (exact) mass is 369 g/mol. The highest BCUT2D eigenvalue weighted by atomic mass is 35.5. The Morgan fingerprint density at radius 1 is 1.08 bits per heavy atom. The second-order valence-electron chi connectivity index (χ2n) is 5.04. The fourth-order valence-corrected chi connectivity index (χ4v) is 1.93. The van der Waals surface area contributed by atoms with Gasteiger partial charge in [-0.3, -0.25) is 4.79 Å². The molecule has 2 aromatic carbocycles. The molecule has 5 nitrogen and oxygen atoms in total. The first-order valence-electron chi connectivity index (χ1n) is 7.14. The van der Waals surface area contributed by atoms with Crippen molar-refractivity contribution in [2.75, 3.05) is 18.5 Å². The molecule has 2 rings (SSSR count). The second-order valence-corrected chi connectivity index (χ2v) is 5.44. The van der Waals surface area contributed by atoms with Gasteiger partial charge in [0.05, 0.1) is 0 Å². The lowest BCUT2D eigenvalue weighted by molar-refractivity contribution is -0.149. The first-order valence-corrected chi connectivity index (χ1v) is 7.52. The van der Waals surface area contributed by atoms with Gasteiger partial charge in [-0.1, -0.05) is 11.6 Å². The predicted molar refractivity (Wildman–Crippen MR) is 87.6 cm³/mol. The van der Waals surface area contributed by atoms with E-state index in [1.165, 1.54) is 6.07 Å². The molecular weight excluding hydrogens is 356 g/mol. The van der Waals surface area contributed by atoms with E-state index < -0.39 is 30.1 Å². The molecule has 0 aliphatic heterocycles. The molecule has 0 heterocycles. The summed E-state index contributed by atoms with van der Waals surface area (Å²) in [5, 5.41) is 2.85. The Morgan fingerprint density at radius 2 is 1.84 bits per heavy atom. The molecule has 0 saturated carbocycles. The molecule has 0 spiro atoms. The Morgan fingerprint density at radius 3 is 2.52 bits per heavy atom. The van der Waals surface area contributed by atoms with Crippen LogP contribution in [-0.4, -0.2) is 25.1 Å². The second kappa shape index (κ2) is 8.43. The fourth-order valence-electron chi connectivity index (χ4n) is 1.81. The normalized spacial score (nSPS) is 10.2. The maximum atomic E-state index is 13.0. The van der Waals surface area contributed by atoms with Gasteiger partial charge in [-0.15, -0.1) is 0 Å². The van der Waals surface area contributed by atoms with E-state index in [4.69, 9.17) is 21.1 Å². The van der Waals surface area contributed by atoms with Crippen molar-refractivity contribution in [3.05, 3.63) is 58.6 Å². The molecule has 1 amide bonds. The summed E-state index contributed by atoms with van der Waals surface area (Å²) in [7, 11) is 0. The SMILES string of the molecule is Cc1cc(OCC(=O)OCC(=O)Nc2ccc(F)c(F)c2)ccc1Cl. The highest BCUT2D eigenvalue weighted by molar-refractivity contribution is 6.31. The number of anilines is 1. The molecule has 132 valence electrons. The average molecular weight is 370 g/mol. The van der Waals surface area contributed by atoms with Crippen LogP contribution < -0.4 is 10.1 Å². The van der Waals surface area contributed by atoms with Gasteiger partial charge in [0, 0.05) is 16.8 Å². The van der Waals surface area contributed by atoms with Gasteiger partial charge in [-0.05, 0) is 42.8 Å². The van der Waals surface area contributed by atoms with Crippen molar-refractivity contribution in [2.45, 2.75) is 6.92 Å². The van der Waals surface area contributed by atoms with Crippen molar-refractivity contribution in [3.63, 3.8) is 0 Å². The number of hydrogen-bond acceptors (Lipinski definition) is 4. The van der Waals surface area contributed by atoms with Crippen LogP contribution in [0.2, 0.25) is 5.02 Å². The number of esters is 1. The van der Waals surface area contributed by atoms with Gasteiger partial charge in [0.1, 0.15) is 5.75 Å². The van der Waals surface area contributed by atoms with Gasteiger partial charge >= 0.3 is 5.97 Å². The average Bonchev–Trinajstić information content (AvgIpc) is 2.57. The maximum absolute atomic E-state index is 13.0. The molecule has 0 aliphatic carbocycles. The van der Waals surface area contributed by atoms with Crippen molar-refractivity contribution in [3.8, 4) is 5.75 Å². The highest BCUT2D eigenvalue weighted by Crippen LogP contribution is 2.21. The minimum atomic E-state index is -1.10. The van der Waals surface area contributed by atoms with Crippen molar-refractivity contribution >= 4 is 29.2 Å². The molecule has 0 atom stereocenters. The van der Waals surface area contributed by atoms with Crippen molar-refractivity contribution < 1.29 is 27.8 Å². The number of rotatable bonds is 6. The number of ether oxygens (including phenoxy) is 2. The van der Waals surface area contributed by atoms with Crippen LogP contribution in [0.25, 0.3) is 0 Å². The Bertz CT molecular complexity index is 798. The number of nitrogens with one attached hydrogen (secondary N) is 1. The third-order valence-corrected chi connectivity index (χ3v) is 3.48. The lowest BCUT2D eigenvalue weighted by Gasteiger charge is -2.09. The van der Waals surface area contributed by atoms with Crippen molar-refractivity contribution in [1.82, 2.24) is 0 Å². The molecule has 0 fully saturated rings. The number of benzene rings is 2. The predicted octanol–water partition coefficient (Wildman–Crippen LogP) is 3.49. The zero-order chi connectivity index (χ0) is 18.4. The molecule has 1 N–H and O–H groups in total. The summed E-state index contributed by atoms with van der Waals surface area (Å²) in [6, 6.07) is 7.76. The molecule has 0 unspecified atom stereocenters. The van der Waals surface area contributed by atoms with E-state index in [-0.39, 0.29) is 12.3 Å². The first-order chi connectivity index (χ1) is 11.8. The number of hydrogen-bond donors (Lipinski definition) is 1. The van der Waals surface area contributed by atoms with E-state index in [1.807, 2.05) is 0 Å². The van der Waals surface area contributed by atoms with Crippen LogP contribution in [0.15, 0.2) is 36.4 Å². The van der Waals surface area contributed by atoms with Crippen LogP contribution in [0.4, 0.5) is 14.5 Å². The quantitative estimate of drug-likeness (QED) is 0.792. The largest absolute Gasteiger partial charge is 0.482 e. The van der Waals surface area contributed by atoms with E-state index in [0.717, 1.165) is 17.7 Å². The number of carbonyl (C=O) groups excluding carboxylic acids is 2. The van der Waals surface area contributed by atoms with Crippen LogP contribution in [0.1, 0.15) is 5.56 Å². The van der Waals surface area contributed by atoms with Crippen molar-refractivity contribution in [1.29, 1.82) is 0 Å². The lowest BCUT2D eigenvalue weighted by atomic mass is 10.2. The lowest BCUT2D eigenvalue weighted by Crippen LogP contribution is -2.23. The standard InChI is InChI=1S/C17H14ClF2NO4/c1-10-6-12(3-4-13(10)18)24-9-17(23)25-8-16(22)21-11-2-5-14(19)15(20)7-11/h2-7H,8-9H2,1H3,(H,21,22). The maximum Gasteiger partial charge on any atom is 0.344 e. The fraction of sp³-hybridized carbons (Fsp3) is 0.176. The molecule has 0 saturated heterocycles. The molecule has 25 heavy (non-hydrogen) atoms. The highest BCUT2D eigenvalue weighted by Gasteiger charge is 2.10. The Balaban J connectivity index is 1.76. The van der Waals surface area contributed by atoms with Gasteiger partial charge < -0.3 is 14.8 Å². The molecule has 8 heteroatoms. The van der Waals surface area contributed by atoms with E-state index in [2.05, 4.69) is 5.32 Å². The Labute approximate surface area is 147 Å². The molecular formula is C17H14ClF2NO4. The van der Waals surface area contributed by atoms with Crippen LogP contribution in [-0.2, 0) is 14.3 Å². The molecule has 2 aromatic rings. The summed E-state index contributed by atoms with van der Waals surface area (Å²) in [6.45, 7) is 0.816. The van der Waals surface area contributed by atoms with Crippen LogP contribution in [0.3, 0.4) is 0 Å². The smallest absolute Gasteiger partial charge is 0.344 e. The van der Waals surface area contributed by atoms with Gasteiger partial charge in [0.25, 0.3) is 5.91 Å².